The van der Waals surface area contributed by atoms with Gasteiger partial charge in [-0.1, -0.05) is 35.3 Å². The van der Waals surface area contributed by atoms with Crippen LogP contribution >= 0.6 is 23.2 Å². The van der Waals surface area contributed by atoms with E-state index in [4.69, 9.17) is 37.8 Å². The Morgan fingerprint density at radius 3 is 2.35 bits per heavy atom. The molecule has 0 saturated heterocycles. The number of aromatic nitrogens is 1. The largest absolute Gasteiger partial charge is 0.490 e. The van der Waals surface area contributed by atoms with Crippen molar-refractivity contribution < 1.29 is 32.6 Å². The van der Waals surface area contributed by atoms with Crippen LogP contribution in [0.5, 0.6) is 5.75 Å². The monoisotopic (exact) mass is 514 g/mol. The number of alkyl halides is 3. The third kappa shape index (κ3) is 8.57. The number of carboxylic acids is 1. The number of carbonyl (C=O) groups excluding carboxylic acids is 1. The second kappa shape index (κ2) is 11.7. The summed E-state index contributed by atoms with van der Waals surface area (Å²) in [6.45, 7) is 4.12. The van der Waals surface area contributed by atoms with Crippen molar-refractivity contribution in [2.45, 2.75) is 26.6 Å². The van der Waals surface area contributed by atoms with E-state index in [-0.39, 0.29) is 12.5 Å². The Balaban J connectivity index is 0.000000509. The number of anilines is 1. The van der Waals surface area contributed by atoms with E-state index < -0.39 is 12.1 Å². The lowest BCUT2D eigenvalue weighted by Crippen LogP contribution is -2.21. The molecule has 180 valence electrons. The summed E-state index contributed by atoms with van der Waals surface area (Å²) < 4.78 is 37.5. The molecule has 0 bridgehead atoms. The number of nitrogens with zero attached hydrogens (tertiary/aromatic N) is 1. The molecule has 0 radical (unpaired) electrons. The molecule has 0 aliphatic rings. The first-order valence-electron chi connectivity index (χ1n) is 9.58. The second-order valence-corrected chi connectivity index (χ2v) is 7.84. The number of hydrogen-bond acceptors (Lipinski definition) is 4. The van der Waals surface area contributed by atoms with Gasteiger partial charge in [-0.05, 0) is 61.4 Å². The fraction of sp³-hybridized carbons (Fsp3) is 0.174. The Morgan fingerprint density at radius 2 is 1.74 bits per heavy atom. The summed E-state index contributed by atoms with van der Waals surface area (Å²) in [6.07, 6.45) is -5.08. The minimum atomic E-state index is -5.08. The summed E-state index contributed by atoms with van der Waals surface area (Å²) in [5.74, 6) is -1.95. The normalized spacial score (nSPS) is 10.7. The van der Waals surface area contributed by atoms with Crippen LogP contribution in [-0.4, -0.2) is 28.1 Å². The number of aryl methyl sites for hydroxylation is 2. The van der Waals surface area contributed by atoms with Gasteiger partial charge in [0.05, 0.1) is 5.02 Å². The van der Waals surface area contributed by atoms with Crippen LogP contribution in [0.3, 0.4) is 0 Å². The summed E-state index contributed by atoms with van der Waals surface area (Å²) in [5, 5.41) is 11.0. The Labute approximate surface area is 203 Å². The zero-order chi connectivity index (χ0) is 25.5. The van der Waals surface area contributed by atoms with Gasteiger partial charge in [0.25, 0.3) is 5.91 Å². The third-order valence-corrected chi connectivity index (χ3v) is 4.61. The van der Waals surface area contributed by atoms with Crippen LogP contribution in [0, 0.1) is 13.8 Å². The predicted molar refractivity (Wildman–Crippen MR) is 123 cm³/mol. The number of ether oxygens (including phenoxy) is 1. The van der Waals surface area contributed by atoms with Crippen molar-refractivity contribution in [3.8, 4) is 5.75 Å². The number of hydrogen-bond donors (Lipinski definition) is 2. The van der Waals surface area contributed by atoms with Crippen molar-refractivity contribution in [2.24, 2.45) is 0 Å². The van der Waals surface area contributed by atoms with E-state index in [0.717, 1.165) is 16.8 Å². The number of carbonyl (C=O) groups is 2. The lowest BCUT2D eigenvalue weighted by molar-refractivity contribution is -0.192. The van der Waals surface area contributed by atoms with E-state index in [1.807, 2.05) is 38.1 Å². The van der Waals surface area contributed by atoms with Crippen molar-refractivity contribution in [1.82, 2.24) is 4.98 Å². The quantitative estimate of drug-likeness (QED) is 0.407. The van der Waals surface area contributed by atoms with Gasteiger partial charge in [0.2, 0.25) is 0 Å². The molecule has 0 aliphatic heterocycles. The van der Waals surface area contributed by atoms with Gasteiger partial charge >= 0.3 is 12.1 Å². The SMILES string of the molecule is Cc1cc(C)nc(NC(=O)c2cccc(COc3cc(Cl)ccc3Cl)c2)c1.O=C(O)C(F)(F)F. The van der Waals surface area contributed by atoms with Crippen molar-refractivity contribution in [1.29, 1.82) is 0 Å². The number of halogens is 5. The summed E-state index contributed by atoms with van der Waals surface area (Å²) >= 11 is 12.1. The molecule has 0 fully saturated rings. The molecule has 1 amide bonds. The number of pyridine rings is 1. The van der Waals surface area contributed by atoms with Gasteiger partial charge in [-0.15, -0.1) is 0 Å². The van der Waals surface area contributed by atoms with E-state index in [1.165, 1.54) is 0 Å². The molecule has 0 aliphatic carbocycles. The van der Waals surface area contributed by atoms with Crippen LogP contribution in [-0.2, 0) is 11.4 Å². The Kier molecular flexibility index (Phi) is 9.28. The maximum atomic E-state index is 12.5. The molecular formula is C23H19Cl2F3N2O4. The highest BCUT2D eigenvalue weighted by Gasteiger charge is 2.38. The Bertz CT molecular complexity index is 1170. The third-order valence-electron chi connectivity index (χ3n) is 4.06. The van der Waals surface area contributed by atoms with Crippen LogP contribution < -0.4 is 10.1 Å². The number of nitrogens with one attached hydrogen (secondary N) is 1. The maximum Gasteiger partial charge on any atom is 0.490 e. The van der Waals surface area contributed by atoms with E-state index >= 15 is 0 Å². The van der Waals surface area contributed by atoms with Gasteiger partial charge in [0, 0.05) is 22.3 Å². The zero-order valence-corrected chi connectivity index (χ0v) is 19.4. The molecule has 1 aromatic heterocycles. The standard InChI is InChI=1S/C21H18Cl2N2O2.C2HF3O2/c1-13-8-14(2)24-20(9-13)25-21(26)16-5-3-4-15(10-16)12-27-19-11-17(22)6-7-18(19)23;3-2(4,5)1(6)7/h3-11H,12H2,1-2H3,(H,24,25,26);(H,6,7). The van der Waals surface area contributed by atoms with Crippen LogP contribution in [0.15, 0.2) is 54.6 Å². The predicted octanol–water partition coefficient (Wildman–Crippen LogP) is 6.47. The lowest BCUT2D eigenvalue weighted by atomic mass is 10.1. The molecular weight excluding hydrogens is 496 g/mol. The minimum absolute atomic E-state index is 0.227. The number of carboxylic acid groups (broad SMARTS) is 1. The van der Waals surface area contributed by atoms with Crippen molar-refractivity contribution in [2.75, 3.05) is 5.32 Å². The molecule has 1 heterocycles. The molecule has 11 heteroatoms. The zero-order valence-electron chi connectivity index (χ0n) is 17.9. The van der Waals surface area contributed by atoms with E-state index in [0.29, 0.717) is 27.2 Å². The lowest BCUT2D eigenvalue weighted by Gasteiger charge is -2.10. The molecule has 2 aromatic carbocycles. The molecule has 0 spiro atoms. The highest BCUT2D eigenvalue weighted by molar-refractivity contribution is 6.34. The molecule has 6 nitrogen and oxygen atoms in total. The summed E-state index contributed by atoms with van der Waals surface area (Å²) in [7, 11) is 0. The molecule has 3 rings (SSSR count). The first kappa shape index (κ1) is 26.9. The van der Waals surface area contributed by atoms with Gasteiger partial charge in [0.1, 0.15) is 18.2 Å². The fourth-order valence-corrected chi connectivity index (χ4v) is 2.98. The average Bonchev–Trinajstić information content (AvgIpc) is 2.73. The average molecular weight is 515 g/mol. The second-order valence-electron chi connectivity index (χ2n) is 6.99. The number of rotatable bonds is 5. The van der Waals surface area contributed by atoms with Crippen LogP contribution in [0.4, 0.5) is 19.0 Å². The van der Waals surface area contributed by atoms with Gasteiger partial charge in [-0.25, -0.2) is 9.78 Å². The Hall–Kier alpha value is -3.30. The number of amides is 1. The van der Waals surface area contributed by atoms with Crippen molar-refractivity contribution in [3.05, 3.63) is 87.0 Å². The van der Waals surface area contributed by atoms with Crippen LogP contribution in [0.1, 0.15) is 27.2 Å². The highest BCUT2D eigenvalue weighted by atomic mass is 35.5. The van der Waals surface area contributed by atoms with Crippen LogP contribution in [0.25, 0.3) is 0 Å². The molecule has 3 aromatic rings. The smallest absolute Gasteiger partial charge is 0.487 e. The summed E-state index contributed by atoms with van der Waals surface area (Å²) in [4.78, 5) is 25.8. The molecule has 34 heavy (non-hydrogen) atoms. The van der Waals surface area contributed by atoms with Crippen LogP contribution in [0.2, 0.25) is 10.0 Å². The van der Waals surface area contributed by atoms with E-state index in [2.05, 4.69) is 10.3 Å². The van der Waals surface area contributed by atoms with Gasteiger partial charge in [-0.3, -0.25) is 4.79 Å². The van der Waals surface area contributed by atoms with Gasteiger partial charge in [0.15, 0.2) is 0 Å². The molecule has 2 N–H and O–H groups in total. The van der Waals surface area contributed by atoms with Crippen molar-refractivity contribution >= 4 is 40.9 Å². The highest BCUT2D eigenvalue weighted by Crippen LogP contribution is 2.28. The topological polar surface area (TPSA) is 88.5 Å². The maximum absolute atomic E-state index is 12.5. The molecule has 0 unspecified atom stereocenters. The van der Waals surface area contributed by atoms with Gasteiger partial charge < -0.3 is 15.2 Å². The first-order valence-corrected chi connectivity index (χ1v) is 10.3. The first-order chi connectivity index (χ1) is 15.8. The number of benzene rings is 2. The van der Waals surface area contributed by atoms with E-state index in [9.17, 15) is 18.0 Å². The fourth-order valence-electron chi connectivity index (χ4n) is 2.65. The van der Waals surface area contributed by atoms with E-state index in [1.54, 1.807) is 30.3 Å². The molecule has 0 saturated carbocycles. The minimum Gasteiger partial charge on any atom is -0.487 e. The molecule has 0 atom stereocenters. The summed E-state index contributed by atoms with van der Waals surface area (Å²) in [6, 6.07) is 16.0. The summed E-state index contributed by atoms with van der Waals surface area (Å²) in [5.41, 5.74) is 3.26. The van der Waals surface area contributed by atoms with Gasteiger partial charge in [-0.2, -0.15) is 13.2 Å². The Morgan fingerprint density at radius 1 is 1.06 bits per heavy atom. The number of aliphatic carboxylic acids is 1. The van der Waals surface area contributed by atoms with Crippen molar-refractivity contribution in [3.63, 3.8) is 0 Å².